The second kappa shape index (κ2) is 7.27. The van der Waals surface area contributed by atoms with Gasteiger partial charge < -0.3 is 5.32 Å². The fraction of sp³-hybridized carbons (Fsp3) is 0.150. The molecule has 29 heavy (non-hydrogen) atoms. The van der Waals surface area contributed by atoms with Crippen LogP contribution in [0, 0.1) is 19.7 Å². The summed E-state index contributed by atoms with van der Waals surface area (Å²) >= 11 is 0. The third kappa shape index (κ3) is 3.62. The van der Waals surface area contributed by atoms with Gasteiger partial charge >= 0.3 is 0 Å². The summed E-state index contributed by atoms with van der Waals surface area (Å²) < 4.78 is 15.6. The number of rotatable bonds is 4. The summed E-state index contributed by atoms with van der Waals surface area (Å²) in [4.78, 5) is 29.2. The van der Waals surface area contributed by atoms with E-state index in [1.165, 1.54) is 35.3 Å². The number of carbonyl (C=O) groups excluding carboxylic acids is 1. The van der Waals surface area contributed by atoms with Gasteiger partial charge in [-0.05, 0) is 61.4 Å². The molecular weight excluding hydrogens is 375 g/mol. The Morgan fingerprint density at radius 1 is 1.10 bits per heavy atom. The van der Waals surface area contributed by atoms with Gasteiger partial charge in [-0.3, -0.25) is 14.2 Å². The van der Waals surface area contributed by atoms with Crippen molar-refractivity contribution in [3.63, 3.8) is 0 Å². The highest BCUT2D eigenvalue weighted by Crippen LogP contribution is 2.16. The first-order valence-electron chi connectivity index (χ1n) is 8.86. The Kier molecular flexibility index (Phi) is 4.63. The van der Waals surface area contributed by atoms with E-state index in [-0.39, 0.29) is 12.1 Å². The number of nitrogens with zero attached hydrogens (tertiary/aromatic N) is 5. The lowest BCUT2D eigenvalue weighted by atomic mass is 10.1. The summed E-state index contributed by atoms with van der Waals surface area (Å²) in [5.74, 6) is -0.845. The maximum atomic E-state index is 13.0. The lowest BCUT2D eigenvalue weighted by Gasteiger charge is -2.08. The molecule has 9 heteroatoms. The van der Waals surface area contributed by atoms with E-state index in [2.05, 4.69) is 20.6 Å². The summed E-state index contributed by atoms with van der Waals surface area (Å²) in [6, 6.07) is 11.1. The molecular formula is C20H17FN6O2. The number of aryl methyl sites for hydroxylation is 2. The fourth-order valence-corrected chi connectivity index (χ4v) is 2.88. The van der Waals surface area contributed by atoms with E-state index in [9.17, 15) is 14.0 Å². The molecule has 0 aliphatic rings. The summed E-state index contributed by atoms with van der Waals surface area (Å²) in [6.45, 7) is 3.74. The number of hydrogen-bond acceptors (Lipinski definition) is 5. The molecule has 1 N–H and O–H groups in total. The van der Waals surface area contributed by atoms with E-state index in [0.717, 1.165) is 21.4 Å². The van der Waals surface area contributed by atoms with Crippen LogP contribution in [0.5, 0.6) is 0 Å². The van der Waals surface area contributed by atoms with Gasteiger partial charge in [0.15, 0.2) is 11.2 Å². The molecule has 0 radical (unpaired) electrons. The summed E-state index contributed by atoms with van der Waals surface area (Å²) in [7, 11) is 0. The largest absolute Gasteiger partial charge is 0.325 e. The van der Waals surface area contributed by atoms with Crippen molar-refractivity contribution in [2.75, 3.05) is 5.32 Å². The van der Waals surface area contributed by atoms with E-state index < -0.39 is 17.3 Å². The Bertz CT molecular complexity index is 1280. The van der Waals surface area contributed by atoms with E-state index in [0.29, 0.717) is 11.3 Å². The number of nitrogens with one attached hydrogen (secondary N) is 1. The van der Waals surface area contributed by atoms with Gasteiger partial charge in [-0.15, -0.1) is 5.10 Å². The third-order valence-corrected chi connectivity index (χ3v) is 4.61. The van der Waals surface area contributed by atoms with Crippen molar-refractivity contribution < 1.29 is 9.18 Å². The molecule has 0 spiro atoms. The zero-order chi connectivity index (χ0) is 20.5. The van der Waals surface area contributed by atoms with E-state index >= 15 is 0 Å². The molecule has 8 nitrogen and oxygen atoms in total. The number of amides is 1. The van der Waals surface area contributed by atoms with Crippen molar-refractivity contribution in [1.29, 1.82) is 0 Å². The second-order valence-corrected chi connectivity index (χ2v) is 6.67. The molecule has 0 saturated carbocycles. The van der Waals surface area contributed by atoms with Gasteiger partial charge in [0, 0.05) is 5.69 Å². The van der Waals surface area contributed by atoms with Crippen molar-refractivity contribution >= 4 is 22.8 Å². The van der Waals surface area contributed by atoms with Gasteiger partial charge in [-0.1, -0.05) is 11.3 Å². The molecule has 2 aromatic carbocycles. The van der Waals surface area contributed by atoms with Crippen LogP contribution < -0.4 is 10.9 Å². The topological polar surface area (TPSA) is 94.7 Å². The van der Waals surface area contributed by atoms with Crippen LogP contribution in [0.2, 0.25) is 0 Å². The minimum absolute atomic E-state index is 0.0697. The summed E-state index contributed by atoms with van der Waals surface area (Å²) in [5, 5.41) is 10.6. The Labute approximate surface area is 164 Å². The molecule has 0 bridgehead atoms. The van der Waals surface area contributed by atoms with Crippen LogP contribution in [0.25, 0.3) is 16.9 Å². The second-order valence-electron chi connectivity index (χ2n) is 6.67. The van der Waals surface area contributed by atoms with E-state index in [1.807, 2.05) is 32.0 Å². The molecule has 0 atom stereocenters. The molecule has 0 fully saturated rings. The predicted octanol–water partition coefficient (Wildman–Crippen LogP) is 2.37. The summed E-state index contributed by atoms with van der Waals surface area (Å²) in [6.07, 6.45) is 1.29. The molecule has 0 unspecified atom stereocenters. The van der Waals surface area contributed by atoms with E-state index in [4.69, 9.17) is 0 Å². The summed E-state index contributed by atoms with van der Waals surface area (Å²) in [5.41, 5.74) is 3.30. The Morgan fingerprint density at radius 3 is 2.59 bits per heavy atom. The van der Waals surface area contributed by atoms with Crippen LogP contribution in [-0.4, -0.2) is 30.5 Å². The minimum atomic E-state index is -0.473. The molecule has 4 rings (SSSR count). The highest BCUT2D eigenvalue weighted by molar-refractivity contribution is 5.90. The molecule has 0 aliphatic heterocycles. The molecule has 1 amide bonds. The van der Waals surface area contributed by atoms with Crippen LogP contribution in [0.1, 0.15) is 11.1 Å². The Morgan fingerprint density at radius 2 is 1.86 bits per heavy atom. The molecule has 0 saturated heterocycles. The van der Waals surface area contributed by atoms with Gasteiger partial charge in [0.05, 0.1) is 5.69 Å². The average molecular weight is 392 g/mol. The van der Waals surface area contributed by atoms with Crippen molar-refractivity contribution in [2.45, 2.75) is 20.4 Å². The molecule has 0 aliphatic carbocycles. The number of benzene rings is 2. The first-order chi connectivity index (χ1) is 13.9. The maximum Gasteiger partial charge on any atom is 0.284 e. The lowest BCUT2D eigenvalue weighted by Crippen LogP contribution is -2.28. The van der Waals surface area contributed by atoms with Gasteiger partial charge in [0.1, 0.15) is 18.7 Å². The van der Waals surface area contributed by atoms with Gasteiger partial charge in [0.2, 0.25) is 5.91 Å². The van der Waals surface area contributed by atoms with Crippen molar-refractivity contribution in [3.05, 3.63) is 76.1 Å². The number of halogens is 1. The number of anilines is 1. The van der Waals surface area contributed by atoms with Crippen molar-refractivity contribution in [3.8, 4) is 5.69 Å². The Hall–Kier alpha value is -3.88. The molecule has 4 aromatic rings. The zero-order valence-corrected chi connectivity index (χ0v) is 15.8. The first-order valence-corrected chi connectivity index (χ1v) is 8.86. The Balaban J connectivity index is 1.61. The smallest absolute Gasteiger partial charge is 0.284 e. The number of fused-ring (bicyclic) bond motifs is 1. The van der Waals surface area contributed by atoms with Gasteiger partial charge in [0.25, 0.3) is 5.56 Å². The zero-order valence-electron chi connectivity index (χ0n) is 15.8. The normalized spacial score (nSPS) is 11.0. The average Bonchev–Trinajstić information content (AvgIpc) is 3.13. The maximum absolute atomic E-state index is 13.0. The van der Waals surface area contributed by atoms with Crippen LogP contribution in [0.3, 0.4) is 0 Å². The number of hydrogen-bond donors (Lipinski definition) is 1. The third-order valence-electron chi connectivity index (χ3n) is 4.61. The van der Waals surface area contributed by atoms with Crippen molar-refractivity contribution in [1.82, 2.24) is 24.5 Å². The van der Waals surface area contributed by atoms with E-state index in [1.54, 1.807) is 0 Å². The highest BCUT2D eigenvalue weighted by atomic mass is 19.1. The van der Waals surface area contributed by atoms with Crippen LogP contribution in [-0.2, 0) is 11.3 Å². The van der Waals surface area contributed by atoms with Crippen molar-refractivity contribution in [2.24, 2.45) is 0 Å². The quantitative estimate of drug-likeness (QED) is 0.575. The lowest BCUT2D eigenvalue weighted by molar-refractivity contribution is -0.116. The van der Waals surface area contributed by atoms with Gasteiger partial charge in [-0.25, -0.2) is 9.37 Å². The standard InChI is InChI=1S/C20H17FN6O2/c1-12-3-8-16(9-13(12)2)27-19-18(24-25-27)20(29)26(11-22-19)10-17(28)23-15-6-4-14(21)5-7-15/h3-9,11H,10H2,1-2H3,(H,23,28). The SMILES string of the molecule is Cc1ccc(-n2nnc3c(=O)n(CC(=O)Nc4ccc(F)cc4)cnc32)cc1C. The van der Waals surface area contributed by atoms with Gasteiger partial charge in [-0.2, -0.15) is 4.68 Å². The monoisotopic (exact) mass is 392 g/mol. The number of carbonyl (C=O) groups is 1. The molecule has 146 valence electrons. The fourth-order valence-electron chi connectivity index (χ4n) is 2.88. The molecule has 2 aromatic heterocycles. The van der Waals surface area contributed by atoms with Crippen LogP contribution in [0.4, 0.5) is 10.1 Å². The predicted molar refractivity (Wildman–Crippen MR) is 105 cm³/mol. The number of aromatic nitrogens is 5. The van der Waals surface area contributed by atoms with Crippen LogP contribution >= 0.6 is 0 Å². The van der Waals surface area contributed by atoms with Crippen LogP contribution in [0.15, 0.2) is 53.6 Å². The molecule has 2 heterocycles. The first kappa shape index (κ1) is 18.5. The minimum Gasteiger partial charge on any atom is -0.325 e. The highest BCUT2D eigenvalue weighted by Gasteiger charge is 2.15.